The highest BCUT2D eigenvalue weighted by molar-refractivity contribution is 7.10. The van der Waals surface area contributed by atoms with E-state index in [1.54, 1.807) is 23.5 Å². The number of amides is 2. The summed E-state index contributed by atoms with van der Waals surface area (Å²) in [4.78, 5) is 26.7. The normalized spacial score (nSPS) is 10.2. The molecule has 0 saturated heterocycles. The predicted octanol–water partition coefficient (Wildman–Crippen LogP) is 1.90. The molecule has 0 atom stereocenters. The van der Waals surface area contributed by atoms with E-state index in [1.165, 1.54) is 0 Å². The van der Waals surface area contributed by atoms with E-state index in [9.17, 15) is 9.59 Å². The zero-order valence-electron chi connectivity index (χ0n) is 13.3. The standard InChI is InChI=1S/C17H21N3O2S/c1-20(2)14-7-5-13(6-8-14)17(22)19-10-9-18-16(21)12-15-4-3-11-23-15/h3-8,11H,9-10,12H2,1-2H3,(H,18,21)(H,19,22). The summed E-state index contributed by atoms with van der Waals surface area (Å²) in [5.41, 5.74) is 1.66. The number of nitrogens with one attached hydrogen (secondary N) is 2. The van der Waals surface area contributed by atoms with Crippen LogP contribution in [0, 0.1) is 0 Å². The van der Waals surface area contributed by atoms with Crippen molar-refractivity contribution in [2.24, 2.45) is 0 Å². The van der Waals surface area contributed by atoms with Gasteiger partial charge in [-0.3, -0.25) is 9.59 Å². The summed E-state index contributed by atoms with van der Waals surface area (Å²) in [6.45, 7) is 0.830. The molecule has 1 aromatic heterocycles. The van der Waals surface area contributed by atoms with Crippen molar-refractivity contribution in [3.63, 3.8) is 0 Å². The average Bonchev–Trinajstić information content (AvgIpc) is 3.04. The van der Waals surface area contributed by atoms with Gasteiger partial charge < -0.3 is 15.5 Å². The maximum absolute atomic E-state index is 12.0. The molecule has 0 aliphatic rings. The van der Waals surface area contributed by atoms with Crippen molar-refractivity contribution in [3.05, 3.63) is 52.2 Å². The van der Waals surface area contributed by atoms with Crippen LogP contribution in [0.15, 0.2) is 41.8 Å². The van der Waals surface area contributed by atoms with Gasteiger partial charge in [0.25, 0.3) is 5.91 Å². The molecule has 0 spiro atoms. The van der Waals surface area contributed by atoms with Gasteiger partial charge in [0.2, 0.25) is 5.91 Å². The van der Waals surface area contributed by atoms with Gasteiger partial charge in [0.1, 0.15) is 0 Å². The Hall–Kier alpha value is -2.34. The highest BCUT2D eigenvalue weighted by Gasteiger charge is 2.06. The van der Waals surface area contributed by atoms with Crippen molar-refractivity contribution in [2.45, 2.75) is 6.42 Å². The van der Waals surface area contributed by atoms with Crippen LogP contribution in [-0.4, -0.2) is 39.0 Å². The van der Waals surface area contributed by atoms with Gasteiger partial charge >= 0.3 is 0 Å². The highest BCUT2D eigenvalue weighted by Crippen LogP contribution is 2.12. The van der Waals surface area contributed by atoms with Gasteiger partial charge in [0, 0.05) is 43.3 Å². The van der Waals surface area contributed by atoms with Crippen LogP contribution in [-0.2, 0) is 11.2 Å². The largest absolute Gasteiger partial charge is 0.378 e. The fourth-order valence-corrected chi connectivity index (χ4v) is 2.73. The summed E-state index contributed by atoms with van der Waals surface area (Å²) >= 11 is 1.56. The summed E-state index contributed by atoms with van der Waals surface area (Å²) in [5, 5.41) is 7.54. The van der Waals surface area contributed by atoms with Crippen molar-refractivity contribution in [1.82, 2.24) is 10.6 Å². The molecule has 5 nitrogen and oxygen atoms in total. The molecule has 0 radical (unpaired) electrons. The highest BCUT2D eigenvalue weighted by atomic mass is 32.1. The molecular formula is C17H21N3O2S. The molecule has 0 bridgehead atoms. The summed E-state index contributed by atoms with van der Waals surface area (Å²) < 4.78 is 0. The number of hydrogen-bond donors (Lipinski definition) is 2. The molecule has 122 valence electrons. The predicted molar refractivity (Wildman–Crippen MR) is 94.1 cm³/mol. The number of carbonyl (C=O) groups excluding carboxylic acids is 2. The first kappa shape index (κ1) is 17.0. The Bertz CT molecular complexity index is 636. The molecule has 0 unspecified atom stereocenters. The molecule has 1 aromatic carbocycles. The summed E-state index contributed by atoms with van der Waals surface area (Å²) in [6.07, 6.45) is 0.387. The van der Waals surface area contributed by atoms with Gasteiger partial charge in [-0.2, -0.15) is 0 Å². The van der Waals surface area contributed by atoms with E-state index in [0.29, 0.717) is 25.1 Å². The van der Waals surface area contributed by atoms with Gasteiger partial charge in [-0.1, -0.05) is 6.07 Å². The molecule has 0 aliphatic heterocycles. The van der Waals surface area contributed by atoms with Crippen LogP contribution in [0.5, 0.6) is 0 Å². The molecule has 23 heavy (non-hydrogen) atoms. The minimum atomic E-state index is -0.136. The number of nitrogens with zero attached hydrogens (tertiary/aromatic N) is 1. The average molecular weight is 331 g/mol. The first-order chi connectivity index (χ1) is 11.1. The maximum Gasteiger partial charge on any atom is 0.251 e. The van der Waals surface area contributed by atoms with E-state index in [2.05, 4.69) is 10.6 Å². The number of benzene rings is 1. The Kier molecular flexibility index (Phi) is 6.17. The second-order valence-corrected chi connectivity index (χ2v) is 6.34. The van der Waals surface area contributed by atoms with Crippen molar-refractivity contribution >= 4 is 28.8 Å². The van der Waals surface area contributed by atoms with E-state index in [0.717, 1.165) is 10.6 Å². The van der Waals surface area contributed by atoms with E-state index in [-0.39, 0.29) is 11.8 Å². The number of anilines is 1. The maximum atomic E-state index is 12.0. The van der Waals surface area contributed by atoms with E-state index >= 15 is 0 Å². The lowest BCUT2D eigenvalue weighted by molar-refractivity contribution is -0.120. The second kappa shape index (κ2) is 8.33. The Morgan fingerprint density at radius 2 is 1.74 bits per heavy atom. The van der Waals surface area contributed by atoms with Crippen molar-refractivity contribution in [2.75, 3.05) is 32.1 Å². The molecule has 6 heteroatoms. The lowest BCUT2D eigenvalue weighted by Crippen LogP contribution is -2.35. The van der Waals surface area contributed by atoms with E-state index < -0.39 is 0 Å². The lowest BCUT2D eigenvalue weighted by Gasteiger charge is -2.12. The molecular weight excluding hydrogens is 310 g/mol. The Labute approximate surface area is 140 Å². The van der Waals surface area contributed by atoms with Crippen molar-refractivity contribution in [1.29, 1.82) is 0 Å². The summed E-state index contributed by atoms with van der Waals surface area (Å²) in [5.74, 6) is -0.167. The van der Waals surface area contributed by atoms with E-state index in [1.807, 2.05) is 48.6 Å². The minimum Gasteiger partial charge on any atom is -0.378 e. The third kappa shape index (κ3) is 5.41. The SMILES string of the molecule is CN(C)c1ccc(C(=O)NCCNC(=O)Cc2cccs2)cc1. The zero-order chi connectivity index (χ0) is 16.7. The number of carbonyl (C=O) groups is 2. The quantitative estimate of drug-likeness (QED) is 0.762. The number of rotatable bonds is 7. The minimum absolute atomic E-state index is 0.0305. The Morgan fingerprint density at radius 3 is 2.35 bits per heavy atom. The third-order valence-electron chi connectivity index (χ3n) is 3.29. The van der Waals surface area contributed by atoms with Gasteiger partial charge in [-0.15, -0.1) is 11.3 Å². The fourth-order valence-electron chi connectivity index (χ4n) is 2.02. The smallest absolute Gasteiger partial charge is 0.251 e. The molecule has 1 heterocycles. The molecule has 2 N–H and O–H groups in total. The first-order valence-corrected chi connectivity index (χ1v) is 8.29. The van der Waals surface area contributed by atoms with Crippen LogP contribution in [0.3, 0.4) is 0 Å². The third-order valence-corrected chi connectivity index (χ3v) is 4.17. The molecule has 0 aliphatic carbocycles. The van der Waals surface area contributed by atoms with Crippen LogP contribution < -0.4 is 15.5 Å². The van der Waals surface area contributed by atoms with Crippen LogP contribution in [0.2, 0.25) is 0 Å². The van der Waals surface area contributed by atoms with Gasteiger partial charge in [0.05, 0.1) is 6.42 Å². The van der Waals surface area contributed by atoms with Crippen molar-refractivity contribution in [3.8, 4) is 0 Å². The molecule has 0 saturated carbocycles. The number of thiophene rings is 1. The molecule has 0 fully saturated rings. The van der Waals surface area contributed by atoms with Gasteiger partial charge in [0.15, 0.2) is 0 Å². The topological polar surface area (TPSA) is 61.4 Å². The van der Waals surface area contributed by atoms with Gasteiger partial charge in [-0.25, -0.2) is 0 Å². The van der Waals surface area contributed by atoms with E-state index in [4.69, 9.17) is 0 Å². The lowest BCUT2D eigenvalue weighted by atomic mass is 10.2. The van der Waals surface area contributed by atoms with Gasteiger partial charge in [-0.05, 0) is 35.7 Å². The fraction of sp³-hybridized carbons (Fsp3) is 0.294. The van der Waals surface area contributed by atoms with Crippen LogP contribution in [0.1, 0.15) is 15.2 Å². The second-order valence-electron chi connectivity index (χ2n) is 5.30. The number of hydrogen-bond acceptors (Lipinski definition) is 4. The molecule has 2 rings (SSSR count). The van der Waals surface area contributed by atoms with Crippen LogP contribution in [0.25, 0.3) is 0 Å². The van der Waals surface area contributed by atoms with Crippen molar-refractivity contribution < 1.29 is 9.59 Å². The Morgan fingerprint density at radius 1 is 1.04 bits per heavy atom. The Balaban J connectivity index is 1.69. The molecule has 2 aromatic rings. The summed E-state index contributed by atoms with van der Waals surface area (Å²) in [6, 6.07) is 11.2. The molecule has 2 amide bonds. The first-order valence-electron chi connectivity index (χ1n) is 7.41. The van der Waals surface area contributed by atoms with Crippen LogP contribution >= 0.6 is 11.3 Å². The zero-order valence-corrected chi connectivity index (χ0v) is 14.2. The monoisotopic (exact) mass is 331 g/mol. The summed E-state index contributed by atoms with van der Waals surface area (Å²) in [7, 11) is 3.90. The van der Waals surface area contributed by atoms with Crippen LogP contribution in [0.4, 0.5) is 5.69 Å².